The van der Waals surface area contributed by atoms with Gasteiger partial charge in [-0.05, 0) is 71.1 Å². The van der Waals surface area contributed by atoms with E-state index in [9.17, 15) is 19.4 Å². The van der Waals surface area contributed by atoms with Crippen molar-refractivity contribution in [2.24, 2.45) is 0 Å². The van der Waals surface area contributed by atoms with Gasteiger partial charge in [0.15, 0.2) is 0 Å². The number of nitrogens with zero attached hydrogens (tertiary/aromatic N) is 1. The van der Waals surface area contributed by atoms with Crippen molar-refractivity contribution >= 4 is 13.7 Å². The molecule has 2 N–H and O–H groups in total. The number of quaternary nitrogens is 1. The Balaban J connectivity index is 3.76. The van der Waals surface area contributed by atoms with Gasteiger partial charge >= 0.3 is 0 Å². The van der Waals surface area contributed by atoms with Crippen molar-refractivity contribution < 1.29 is 32.9 Å². The topological polar surface area (TPSA) is 108 Å². The Morgan fingerprint density at radius 1 is 0.514 bits per heavy atom. The monoisotopic (exact) mass is 1030 g/mol. The third-order valence-corrected chi connectivity index (χ3v) is 14.7. The van der Waals surface area contributed by atoms with Crippen LogP contribution in [0, 0.1) is 0 Å². The van der Waals surface area contributed by atoms with Crippen molar-refractivity contribution in [3.63, 3.8) is 0 Å². The molecule has 0 radical (unpaired) electrons. The number of hydrogen-bond donors (Lipinski definition) is 2. The third-order valence-electron chi connectivity index (χ3n) is 13.8. The second-order valence-electron chi connectivity index (χ2n) is 22.1. The van der Waals surface area contributed by atoms with Crippen molar-refractivity contribution in [2.45, 2.75) is 296 Å². The Labute approximate surface area is 447 Å². The second kappa shape index (κ2) is 54.0. The van der Waals surface area contributed by atoms with Crippen molar-refractivity contribution in [1.29, 1.82) is 0 Å². The van der Waals surface area contributed by atoms with Crippen LogP contribution in [0.15, 0.2) is 60.8 Å². The predicted octanol–water partition coefficient (Wildman–Crippen LogP) is 18.2. The van der Waals surface area contributed by atoms with Crippen molar-refractivity contribution in [2.75, 3.05) is 40.9 Å². The van der Waals surface area contributed by atoms with Gasteiger partial charge in [-0.3, -0.25) is 9.36 Å². The normalized spacial score (nSPS) is 14.3. The van der Waals surface area contributed by atoms with Crippen LogP contribution in [-0.2, 0) is 18.4 Å². The minimum absolute atomic E-state index is 0.00926. The quantitative estimate of drug-likeness (QED) is 0.0272. The molecule has 0 fully saturated rings. The molecule has 0 saturated carbocycles. The molecule has 0 heterocycles. The average molecular weight is 1030 g/mol. The molecule has 1 amide bonds. The third kappa shape index (κ3) is 55.9. The highest BCUT2D eigenvalue weighted by Crippen LogP contribution is 2.38. The summed E-state index contributed by atoms with van der Waals surface area (Å²) in [5.74, 6) is -0.211. The number of nitrogens with one attached hydrogen (secondary N) is 1. The summed E-state index contributed by atoms with van der Waals surface area (Å²) in [6.07, 6.45) is 73.9. The highest BCUT2D eigenvalue weighted by atomic mass is 31.2. The number of phosphoric ester groups is 1. The number of amides is 1. The van der Waals surface area contributed by atoms with E-state index in [0.717, 1.165) is 51.4 Å². The van der Waals surface area contributed by atoms with Crippen LogP contribution in [0.3, 0.4) is 0 Å². The van der Waals surface area contributed by atoms with Crippen LogP contribution in [0.1, 0.15) is 284 Å². The Bertz CT molecular complexity index is 1360. The average Bonchev–Trinajstić information content (AvgIpc) is 3.34. The molecule has 0 rings (SSSR count). The van der Waals surface area contributed by atoms with Gasteiger partial charge in [-0.15, -0.1) is 0 Å². The number of phosphoric acid groups is 1. The van der Waals surface area contributed by atoms with Crippen molar-refractivity contribution in [1.82, 2.24) is 5.32 Å². The Morgan fingerprint density at radius 2 is 0.875 bits per heavy atom. The SMILES string of the molecule is C/C=C/CC/C=C/CC/C=C/C(O)C(COP(=O)([O-])OCC[N+](C)(C)C)NC(=O)CCCCCCCCCCCCCCCCCCCCCCCCCCCCCCC/C=C\C/C=C\CCCCCCC. The summed E-state index contributed by atoms with van der Waals surface area (Å²) in [6, 6.07) is -0.907. The first-order valence-electron chi connectivity index (χ1n) is 30.6. The van der Waals surface area contributed by atoms with Crippen LogP contribution in [-0.4, -0.2) is 68.5 Å². The number of allylic oxidation sites excluding steroid dienone is 9. The summed E-state index contributed by atoms with van der Waals surface area (Å²) < 4.78 is 23.2. The lowest BCUT2D eigenvalue weighted by Crippen LogP contribution is -2.45. The molecule has 72 heavy (non-hydrogen) atoms. The molecule has 3 atom stereocenters. The number of aliphatic hydroxyl groups excluding tert-OH is 1. The molecule has 0 aromatic carbocycles. The summed E-state index contributed by atoms with van der Waals surface area (Å²) in [4.78, 5) is 25.3. The van der Waals surface area contributed by atoms with Crippen LogP contribution >= 0.6 is 7.82 Å². The first-order valence-corrected chi connectivity index (χ1v) is 32.1. The fourth-order valence-corrected chi connectivity index (χ4v) is 9.71. The van der Waals surface area contributed by atoms with Crippen LogP contribution in [0.25, 0.3) is 0 Å². The number of hydrogen-bond acceptors (Lipinski definition) is 6. The molecular weight excluding hydrogens is 912 g/mol. The molecule has 0 bridgehead atoms. The van der Waals surface area contributed by atoms with Gasteiger partial charge in [0.05, 0.1) is 39.9 Å². The van der Waals surface area contributed by atoms with Crippen LogP contribution < -0.4 is 10.2 Å². The second-order valence-corrected chi connectivity index (χ2v) is 23.5. The smallest absolute Gasteiger partial charge is 0.268 e. The van der Waals surface area contributed by atoms with Crippen molar-refractivity contribution in [3.8, 4) is 0 Å². The van der Waals surface area contributed by atoms with E-state index in [2.05, 4.69) is 54.8 Å². The highest BCUT2D eigenvalue weighted by molar-refractivity contribution is 7.45. The van der Waals surface area contributed by atoms with Gasteiger partial charge in [-0.2, -0.15) is 0 Å². The Hall–Kier alpha value is -1.80. The van der Waals surface area contributed by atoms with Crippen molar-refractivity contribution in [3.05, 3.63) is 60.8 Å². The Kier molecular flexibility index (Phi) is 52.7. The van der Waals surface area contributed by atoms with E-state index < -0.39 is 26.6 Å². The molecule has 422 valence electrons. The summed E-state index contributed by atoms with van der Waals surface area (Å²) in [5.41, 5.74) is 0. The van der Waals surface area contributed by atoms with E-state index in [4.69, 9.17) is 9.05 Å². The lowest BCUT2D eigenvalue weighted by atomic mass is 10.0. The molecular formula is C63H119N2O6P. The molecule has 0 aliphatic heterocycles. The number of aliphatic hydroxyl groups is 1. The largest absolute Gasteiger partial charge is 0.756 e. The minimum Gasteiger partial charge on any atom is -0.756 e. The van der Waals surface area contributed by atoms with E-state index in [0.29, 0.717) is 17.4 Å². The first-order chi connectivity index (χ1) is 35.0. The van der Waals surface area contributed by atoms with Gasteiger partial charge in [0.1, 0.15) is 13.2 Å². The standard InChI is InChI=1S/C63H119N2O6P/c1-6-8-10-12-14-16-17-18-19-20-21-22-23-24-25-26-27-28-29-30-31-32-33-34-35-36-37-38-39-40-41-42-43-44-45-46-47-49-51-53-55-57-63(67)64-61(60-71-72(68,69)70-59-58-65(3,4)5)62(66)56-54-52-50-48-15-13-11-9-7-2/h7,9,15,17-18,20-21,48,54,56,61-62,66H,6,8,10-14,16,19,22-47,49-53,55,57-60H2,1-5H3,(H-,64,67,68,69)/b9-7+,18-17-,21-20-,48-15+,56-54+. The zero-order valence-corrected chi connectivity index (χ0v) is 49.0. The van der Waals surface area contributed by atoms with Gasteiger partial charge in [0.25, 0.3) is 7.82 Å². The van der Waals surface area contributed by atoms with Crippen LogP contribution in [0.5, 0.6) is 0 Å². The minimum atomic E-state index is -4.60. The maximum atomic E-state index is 12.9. The van der Waals surface area contributed by atoms with Gasteiger partial charge in [-0.1, -0.05) is 267 Å². The summed E-state index contributed by atoms with van der Waals surface area (Å²) in [5, 5.41) is 13.7. The van der Waals surface area contributed by atoms with Gasteiger partial charge < -0.3 is 28.8 Å². The number of carbonyl (C=O) groups excluding carboxylic acids is 1. The number of carbonyl (C=O) groups is 1. The molecule has 0 aliphatic rings. The van der Waals surface area contributed by atoms with Crippen LogP contribution in [0.4, 0.5) is 0 Å². The lowest BCUT2D eigenvalue weighted by molar-refractivity contribution is -0.870. The molecule has 0 aromatic rings. The predicted molar refractivity (Wildman–Crippen MR) is 311 cm³/mol. The maximum Gasteiger partial charge on any atom is 0.268 e. The molecule has 0 aliphatic carbocycles. The van der Waals surface area contributed by atoms with E-state index in [1.165, 1.54) is 212 Å². The first kappa shape index (κ1) is 70.2. The van der Waals surface area contributed by atoms with E-state index in [1.54, 1.807) is 6.08 Å². The van der Waals surface area contributed by atoms with Gasteiger partial charge in [-0.25, -0.2) is 0 Å². The Morgan fingerprint density at radius 3 is 1.28 bits per heavy atom. The molecule has 0 aromatic heterocycles. The summed E-state index contributed by atoms with van der Waals surface area (Å²) in [7, 11) is 1.24. The number of unbranched alkanes of at least 4 members (excludes halogenated alkanes) is 36. The maximum absolute atomic E-state index is 12.9. The number of rotatable bonds is 56. The van der Waals surface area contributed by atoms with Crippen LogP contribution in [0.2, 0.25) is 0 Å². The molecule has 8 nitrogen and oxygen atoms in total. The molecule has 9 heteroatoms. The van der Waals surface area contributed by atoms with E-state index in [1.807, 2.05) is 40.2 Å². The summed E-state index contributed by atoms with van der Waals surface area (Å²) in [6.45, 7) is 4.38. The highest BCUT2D eigenvalue weighted by Gasteiger charge is 2.23. The van der Waals surface area contributed by atoms with Gasteiger partial charge in [0.2, 0.25) is 5.91 Å². The zero-order valence-electron chi connectivity index (χ0n) is 48.1. The fraction of sp³-hybridized carbons (Fsp3) is 0.825. The molecule has 0 saturated heterocycles. The fourth-order valence-electron chi connectivity index (χ4n) is 8.99. The molecule has 3 unspecified atom stereocenters. The lowest BCUT2D eigenvalue weighted by Gasteiger charge is -2.29. The van der Waals surface area contributed by atoms with Gasteiger partial charge in [0, 0.05) is 6.42 Å². The molecule has 0 spiro atoms. The summed E-state index contributed by atoms with van der Waals surface area (Å²) >= 11 is 0. The van der Waals surface area contributed by atoms with E-state index in [-0.39, 0.29) is 12.5 Å². The number of likely N-dealkylation sites (N-methyl/N-ethyl adjacent to an activating group) is 1. The zero-order chi connectivity index (χ0) is 52.7. The van der Waals surface area contributed by atoms with E-state index >= 15 is 0 Å².